The molecule has 1 aliphatic rings. The van der Waals surface area contributed by atoms with Gasteiger partial charge in [0.2, 0.25) is 0 Å². The molecule has 0 bridgehead atoms. The van der Waals surface area contributed by atoms with Crippen molar-refractivity contribution in [3.05, 3.63) is 205 Å². The summed E-state index contributed by atoms with van der Waals surface area (Å²) in [5, 5.41) is 7.27. The molecule has 0 fully saturated rings. The summed E-state index contributed by atoms with van der Waals surface area (Å²) >= 11 is 0. The van der Waals surface area contributed by atoms with Crippen LogP contribution in [0.15, 0.2) is 194 Å². The lowest BCUT2D eigenvalue weighted by molar-refractivity contribution is 0.666. The quantitative estimate of drug-likeness (QED) is 0.176. The fourth-order valence-electron chi connectivity index (χ4n) is 9.47. The first-order chi connectivity index (χ1) is 28.0. The van der Waals surface area contributed by atoms with Crippen molar-refractivity contribution in [3.8, 4) is 67.3 Å². The molecule has 0 saturated heterocycles. The highest BCUT2D eigenvalue weighted by molar-refractivity contribution is 6.09. The second kappa shape index (κ2) is 13.0. The Labute approximate surface area is 332 Å². The van der Waals surface area contributed by atoms with E-state index in [9.17, 15) is 0 Å². The molecule has 1 aliphatic carbocycles. The summed E-state index contributed by atoms with van der Waals surface area (Å²) < 4.78 is 0. The highest BCUT2D eigenvalue weighted by Gasteiger charge is 2.38. The molecule has 1 heterocycles. The van der Waals surface area contributed by atoms with E-state index in [-0.39, 0.29) is 5.41 Å². The fraction of sp³-hybridized carbons (Fsp3) is 0.0545. The van der Waals surface area contributed by atoms with Gasteiger partial charge in [-0.2, -0.15) is 0 Å². The molecule has 0 N–H and O–H groups in total. The maximum Gasteiger partial charge on any atom is 0.161 e. The van der Waals surface area contributed by atoms with E-state index in [1.807, 2.05) is 0 Å². The van der Waals surface area contributed by atoms with Crippen molar-refractivity contribution in [2.45, 2.75) is 19.3 Å². The van der Waals surface area contributed by atoms with Crippen molar-refractivity contribution < 1.29 is 0 Å². The van der Waals surface area contributed by atoms with Gasteiger partial charge in [-0.15, -0.1) is 0 Å². The second-order valence-electron chi connectivity index (χ2n) is 15.7. The van der Waals surface area contributed by atoms with Crippen LogP contribution in [0.3, 0.4) is 0 Å². The van der Waals surface area contributed by atoms with E-state index < -0.39 is 0 Å². The third-order valence-corrected chi connectivity index (χ3v) is 12.1. The number of hydrogen-bond donors (Lipinski definition) is 0. The Bertz CT molecular complexity index is 3210. The molecule has 0 amide bonds. The maximum atomic E-state index is 5.43. The van der Waals surface area contributed by atoms with Crippen molar-refractivity contribution >= 4 is 32.3 Å². The summed E-state index contributed by atoms with van der Waals surface area (Å²) in [6.07, 6.45) is 0. The highest BCUT2D eigenvalue weighted by Crippen LogP contribution is 2.55. The average molecular weight is 727 g/mol. The Morgan fingerprint density at radius 3 is 1.67 bits per heavy atom. The Kier molecular flexibility index (Phi) is 7.55. The zero-order valence-corrected chi connectivity index (χ0v) is 31.9. The summed E-state index contributed by atoms with van der Waals surface area (Å²) in [7, 11) is 0. The first-order valence-corrected chi connectivity index (χ1v) is 19.8. The Morgan fingerprint density at radius 1 is 0.351 bits per heavy atom. The topological polar surface area (TPSA) is 25.8 Å². The lowest BCUT2D eigenvalue weighted by atomic mass is 9.80. The molecular formula is C55H38N2. The van der Waals surface area contributed by atoms with Crippen LogP contribution < -0.4 is 0 Å². The normalized spacial score (nSPS) is 12.9. The molecule has 0 saturated carbocycles. The number of fused-ring (bicyclic) bond motifs is 7. The predicted molar refractivity (Wildman–Crippen MR) is 239 cm³/mol. The number of aromatic nitrogens is 2. The Morgan fingerprint density at radius 2 is 0.877 bits per heavy atom. The van der Waals surface area contributed by atoms with Gasteiger partial charge in [-0.25, -0.2) is 9.97 Å². The largest absolute Gasteiger partial charge is 0.228 e. The molecule has 0 radical (unpaired) electrons. The van der Waals surface area contributed by atoms with Crippen molar-refractivity contribution in [2.24, 2.45) is 0 Å². The second-order valence-corrected chi connectivity index (χ2v) is 15.7. The summed E-state index contributed by atoms with van der Waals surface area (Å²) in [6.45, 7) is 4.76. The van der Waals surface area contributed by atoms with Crippen molar-refractivity contribution in [2.75, 3.05) is 0 Å². The lowest BCUT2D eigenvalue weighted by Crippen LogP contribution is -2.15. The minimum Gasteiger partial charge on any atom is -0.228 e. The molecule has 9 aromatic carbocycles. The average Bonchev–Trinajstić information content (AvgIpc) is 3.52. The molecule has 0 spiro atoms. The molecule has 268 valence electrons. The van der Waals surface area contributed by atoms with Crippen LogP contribution in [0.1, 0.15) is 25.0 Å². The third kappa shape index (κ3) is 5.25. The van der Waals surface area contributed by atoms with Gasteiger partial charge in [-0.1, -0.05) is 202 Å². The van der Waals surface area contributed by atoms with Gasteiger partial charge in [0.05, 0.1) is 11.4 Å². The number of benzene rings is 9. The minimum atomic E-state index is -0.136. The molecule has 2 heteroatoms. The van der Waals surface area contributed by atoms with Gasteiger partial charge in [0, 0.05) is 22.1 Å². The van der Waals surface area contributed by atoms with E-state index in [2.05, 4.69) is 208 Å². The molecule has 0 aliphatic heterocycles. The van der Waals surface area contributed by atoms with Crippen LogP contribution in [0.5, 0.6) is 0 Å². The third-order valence-electron chi connectivity index (χ3n) is 12.1. The van der Waals surface area contributed by atoms with Crippen molar-refractivity contribution in [3.63, 3.8) is 0 Å². The van der Waals surface area contributed by atoms with Crippen LogP contribution >= 0.6 is 0 Å². The standard InChI is InChI=1S/C55H38N2/c1-55(2)49-29-15-27-46(52(49)48-31-30-37-19-7-9-23-40(37)53(48)55)43-32-33-45(42-25-12-11-24-41(42)43)51-34-50(44-26-13-10-21-38(44)35-16-4-3-5-17-35)56-54(57-51)47-28-14-20-36-18-6-8-22-39(36)47/h3-34H,1-2H3. The van der Waals surface area contributed by atoms with Gasteiger partial charge in [-0.05, 0) is 82.9 Å². The molecule has 10 aromatic rings. The first-order valence-electron chi connectivity index (χ1n) is 19.8. The smallest absolute Gasteiger partial charge is 0.161 e. The van der Waals surface area contributed by atoms with Gasteiger partial charge in [-0.3, -0.25) is 0 Å². The molecule has 1 aromatic heterocycles. The van der Waals surface area contributed by atoms with E-state index >= 15 is 0 Å². The number of hydrogen-bond acceptors (Lipinski definition) is 2. The van der Waals surface area contributed by atoms with E-state index in [0.717, 1.165) is 55.4 Å². The van der Waals surface area contributed by atoms with Crippen LogP contribution in [-0.4, -0.2) is 9.97 Å². The van der Waals surface area contributed by atoms with E-state index in [0.29, 0.717) is 5.82 Å². The maximum absolute atomic E-state index is 5.43. The molecular weight excluding hydrogens is 689 g/mol. The molecule has 0 unspecified atom stereocenters. The van der Waals surface area contributed by atoms with Crippen LogP contribution in [0.4, 0.5) is 0 Å². The van der Waals surface area contributed by atoms with Crippen molar-refractivity contribution in [1.82, 2.24) is 9.97 Å². The summed E-state index contributed by atoms with van der Waals surface area (Å²) in [5.41, 5.74) is 15.0. The summed E-state index contributed by atoms with van der Waals surface area (Å²) in [5.74, 6) is 0.710. The summed E-state index contributed by atoms with van der Waals surface area (Å²) in [4.78, 5) is 10.8. The van der Waals surface area contributed by atoms with Crippen LogP contribution in [0.2, 0.25) is 0 Å². The molecule has 57 heavy (non-hydrogen) atoms. The number of rotatable bonds is 5. The molecule has 0 atom stereocenters. The van der Waals surface area contributed by atoms with E-state index in [1.165, 1.54) is 49.5 Å². The zero-order chi connectivity index (χ0) is 38.1. The van der Waals surface area contributed by atoms with Gasteiger partial charge in [0.15, 0.2) is 5.82 Å². The van der Waals surface area contributed by atoms with Crippen LogP contribution in [0.25, 0.3) is 99.6 Å². The highest BCUT2D eigenvalue weighted by atomic mass is 14.9. The Balaban J connectivity index is 1.15. The van der Waals surface area contributed by atoms with Crippen molar-refractivity contribution in [1.29, 1.82) is 0 Å². The SMILES string of the molecule is CC1(C)c2cccc(-c3ccc(-c4cc(-c5ccccc5-c5ccccc5)nc(-c5cccc6ccccc56)n4)c4ccccc34)c2-c2ccc3ccccc3c21. The lowest BCUT2D eigenvalue weighted by Gasteiger charge is -2.23. The van der Waals surface area contributed by atoms with Crippen LogP contribution in [0, 0.1) is 0 Å². The molecule has 11 rings (SSSR count). The van der Waals surface area contributed by atoms with E-state index in [4.69, 9.17) is 9.97 Å². The minimum absolute atomic E-state index is 0.136. The van der Waals surface area contributed by atoms with Gasteiger partial charge < -0.3 is 0 Å². The van der Waals surface area contributed by atoms with Gasteiger partial charge in [0.25, 0.3) is 0 Å². The summed E-state index contributed by atoms with van der Waals surface area (Å²) in [6, 6.07) is 70.0. The monoisotopic (exact) mass is 726 g/mol. The fourth-order valence-corrected chi connectivity index (χ4v) is 9.47. The van der Waals surface area contributed by atoms with Crippen LogP contribution in [-0.2, 0) is 5.41 Å². The molecule has 2 nitrogen and oxygen atoms in total. The van der Waals surface area contributed by atoms with Gasteiger partial charge in [0.1, 0.15) is 0 Å². The van der Waals surface area contributed by atoms with Gasteiger partial charge >= 0.3 is 0 Å². The zero-order valence-electron chi connectivity index (χ0n) is 31.9. The number of nitrogens with zero attached hydrogens (tertiary/aromatic N) is 2. The van der Waals surface area contributed by atoms with E-state index in [1.54, 1.807) is 0 Å². The first kappa shape index (κ1) is 33.2. The predicted octanol–water partition coefficient (Wildman–Crippen LogP) is 14.6. The Hall–Kier alpha value is -7.16.